The van der Waals surface area contributed by atoms with E-state index in [0.717, 1.165) is 22.4 Å². The number of allylic oxidation sites excluding steroid dienone is 2. The second-order valence-corrected chi connectivity index (χ2v) is 7.10. The molecule has 2 N–H and O–H groups in total. The molecule has 2 rings (SSSR count). The monoisotopic (exact) mass is 349 g/mol. The predicted octanol–water partition coefficient (Wildman–Crippen LogP) is 1.18. The van der Waals surface area contributed by atoms with E-state index in [0.29, 0.717) is 18.4 Å². The van der Waals surface area contributed by atoms with Gasteiger partial charge in [0.05, 0.1) is 11.5 Å². The van der Waals surface area contributed by atoms with Gasteiger partial charge in [-0.25, -0.2) is 0 Å². The summed E-state index contributed by atoms with van der Waals surface area (Å²) in [6.07, 6.45) is 1.49. The van der Waals surface area contributed by atoms with Gasteiger partial charge in [-0.05, 0) is 39.2 Å². The van der Waals surface area contributed by atoms with Crippen LogP contribution in [0.4, 0.5) is 0 Å². The fourth-order valence-corrected chi connectivity index (χ4v) is 3.60. The lowest BCUT2D eigenvalue weighted by molar-refractivity contribution is -0.313. The number of carbonyl (C=O) groups is 3. The third kappa shape index (κ3) is 4.03. The summed E-state index contributed by atoms with van der Waals surface area (Å²) in [5.41, 5.74) is 7.16. The molecule has 130 valence electrons. The first-order valence-electron chi connectivity index (χ1n) is 7.87. The maximum absolute atomic E-state index is 12.3. The van der Waals surface area contributed by atoms with Crippen molar-refractivity contribution in [3.63, 3.8) is 0 Å². The Labute approximate surface area is 144 Å². The van der Waals surface area contributed by atoms with E-state index in [1.807, 2.05) is 20.8 Å². The normalized spacial score (nSPS) is 20.6. The minimum Gasteiger partial charge on any atom is -0.550 e. The van der Waals surface area contributed by atoms with E-state index in [-0.39, 0.29) is 0 Å². The fourth-order valence-electron chi connectivity index (χ4n) is 2.78. The third-order valence-electron chi connectivity index (χ3n) is 4.47. The van der Waals surface area contributed by atoms with Crippen LogP contribution in [0.3, 0.4) is 0 Å². The lowest BCUT2D eigenvalue weighted by Gasteiger charge is -2.32. The van der Waals surface area contributed by atoms with Gasteiger partial charge in [0.25, 0.3) is 5.91 Å². The van der Waals surface area contributed by atoms with Gasteiger partial charge in [0.1, 0.15) is 0 Å². The molecule has 1 aromatic rings. The molecule has 0 unspecified atom stereocenters. The Balaban J connectivity index is 2.00. The van der Waals surface area contributed by atoms with Crippen LogP contribution in [0.25, 0.3) is 0 Å². The minimum atomic E-state index is -1.24. The van der Waals surface area contributed by atoms with Gasteiger partial charge in [0.15, 0.2) is 0 Å². The summed E-state index contributed by atoms with van der Waals surface area (Å²) < 4.78 is 0. The number of aryl methyl sites for hydroxylation is 1. The number of amides is 2. The molecule has 2 atom stereocenters. The lowest BCUT2D eigenvalue weighted by Crippen LogP contribution is -2.49. The minimum absolute atomic E-state index is 0.296. The molecule has 1 aliphatic carbocycles. The number of carbonyl (C=O) groups excluding carboxylic acids is 3. The van der Waals surface area contributed by atoms with Crippen LogP contribution in [0, 0.1) is 11.8 Å². The number of carboxylic acids is 1. The molecule has 1 aliphatic rings. The van der Waals surface area contributed by atoms with E-state index in [2.05, 4.69) is 10.9 Å². The average Bonchev–Trinajstić information content (AvgIpc) is 3.03. The number of carboxylic acid groups (broad SMARTS) is 1. The summed E-state index contributed by atoms with van der Waals surface area (Å²) in [7, 11) is 0. The molecule has 7 heteroatoms. The molecule has 2 amide bonds. The van der Waals surface area contributed by atoms with Crippen molar-refractivity contribution in [1.82, 2.24) is 10.9 Å². The quantitative estimate of drug-likeness (QED) is 0.630. The maximum Gasteiger partial charge on any atom is 0.270 e. The maximum atomic E-state index is 12.3. The summed E-state index contributed by atoms with van der Waals surface area (Å²) in [6.45, 7) is 5.75. The van der Waals surface area contributed by atoms with Crippen LogP contribution >= 0.6 is 11.3 Å². The standard InChI is InChI=1S/C17H22N2O4S/c1-4-12-7-11(8-24-12)15(20)18-19-16(21)13-5-9(2)10(3)6-14(13)17(22)23/h7-8,13-14H,4-6H2,1-3H3,(H,18,20)(H,19,21)(H,22,23)/p-1/t13-,14+/m1/s1. The molecule has 0 radical (unpaired) electrons. The molecule has 0 spiro atoms. The largest absolute Gasteiger partial charge is 0.550 e. The zero-order valence-corrected chi connectivity index (χ0v) is 14.8. The van der Waals surface area contributed by atoms with Gasteiger partial charge in [0, 0.05) is 22.1 Å². The van der Waals surface area contributed by atoms with Crippen LogP contribution < -0.4 is 16.0 Å². The fraction of sp³-hybridized carbons (Fsp3) is 0.471. The highest BCUT2D eigenvalue weighted by Crippen LogP contribution is 2.33. The first-order valence-corrected chi connectivity index (χ1v) is 8.75. The molecular weight excluding hydrogens is 328 g/mol. The Hall–Kier alpha value is -2.15. The molecule has 0 bridgehead atoms. The highest BCUT2D eigenvalue weighted by atomic mass is 32.1. The van der Waals surface area contributed by atoms with Crippen LogP contribution in [0.1, 0.15) is 48.8 Å². The van der Waals surface area contributed by atoms with E-state index >= 15 is 0 Å². The van der Waals surface area contributed by atoms with Crippen LogP contribution in [0.15, 0.2) is 22.6 Å². The van der Waals surface area contributed by atoms with E-state index in [1.54, 1.807) is 11.4 Å². The Morgan fingerprint density at radius 3 is 2.33 bits per heavy atom. The van der Waals surface area contributed by atoms with Crippen molar-refractivity contribution in [3.8, 4) is 0 Å². The highest BCUT2D eigenvalue weighted by Gasteiger charge is 2.33. The van der Waals surface area contributed by atoms with Crippen molar-refractivity contribution >= 4 is 29.1 Å². The Bertz CT molecular complexity index is 693. The number of hydrogen-bond donors (Lipinski definition) is 2. The smallest absolute Gasteiger partial charge is 0.270 e. The number of nitrogens with one attached hydrogen (secondary N) is 2. The molecule has 0 aliphatic heterocycles. The lowest BCUT2D eigenvalue weighted by atomic mass is 9.76. The van der Waals surface area contributed by atoms with Gasteiger partial charge in [0.2, 0.25) is 5.91 Å². The van der Waals surface area contributed by atoms with E-state index in [4.69, 9.17) is 0 Å². The summed E-state index contributed by atoms with van der Waals surface area (Å²) in [5, 5.41) is 13.0. The van der Waals surface area contributed by atoms with Crippen LogP contribution in [-0.4, -0.2) is 17.8 Å². The second kappa shape index (κ2) is 7.61. The second-order valence-electron chi connectivity index (χ2n) is 6.10. The van der Waals surface area contributed by atoms with Crippen molar-refractivity contribution in [2.24, 2.45) is 11.8 Å². The molecule has 1 aromatic heterocycles. The zero-order valence-electron chi connectivity index (χ0n) is 14.0. The van der Waals surface area contributed by atoms with E-state index < -0.39 is 29.6 Å². The van der Waals surface area contributed by atoms with Crippen molar-refractivity contribution in [3.05, 3.63) is 33.0 Å². The van der Waals surface area contributed by atoms with Crippen molar-refractivity contribution in [2.45, 2.75) is 40.0 Å². The number of thiophene rings is 1. The van der Waals surface area contributed by atoms with Crippen molar-refractivity contribution < 1.29 is 19.5 Å². The van der Waals surface area contributed by atoms with Gasteiger partial charge in [-0.1, -0.05) is 18.1 Å². The number of hydrogen-bond acceptors (Lipinski definition) is 5. The molecule has 6 nitrogen and oxygen atoms in total. The average molecular weight is 349 g/mol. The van der Waals surface area contributed by atoms with Gasteiger partial charge in [-0.15, -0.1) is 11.3 Å². The molecule has 0 saturated carbocycles. The van der Waals surface area contributed by atoms with Gasteiger partial charge >= 0.3 is 0 Å². The first kappa shape index (κ1) is 18.2. The van der Waals surface area contributed by atoms with Gasteiger partial charge in [-0.3, -0.25) is 20.4 Å². The summed E-state index contributed by atoms with van der Waals surface area (Å²) in [6, 6.07) is 1.77. The molecule has 0 saturated heterocycles. The van der Waals surface area contributed by atoms with Gasteiger partial charge < -0.3 is 9.90 Å². The first-order chi connectivity index (χ1) is 11.3. The molecular formula is C17H21N2O4S-. The number of rotatable bonds is 4. The molecule has 0 aromatic carbocycles. The van der Waals surface area contributed by atoms with Crippen LogP contribution in [0.2, 0.25) is 0 Å². The summed E-state index contributed by atoms with van der Waals surface area (Å²) >= 11 is 1.48. The Kier molecular flexibility index (Phi) is 5.77. The van der Waals surface area contributed by atoms with E-state index in [1.165, 1.54) is 11.3 Å². The third-order valence-corrected chi connectivity index (χ3v) is 5.55. The van der Waals surface area contributed by atoms with Crippen LogP contribution in [-0.2, 0) is 16.0 Å². The Morgan fingerprint density at radius 2 is 1.79 bits per heavy atom. The number of hydrazine groups is 1. The summed E-state index contributed by atoms with van der Waals surface area (Å²) in [5.74, 6) is -3.77. The molecule has 0 fully saturated rings. The molecule has 24 heavy (non-hydrogen) atoms. The zero-order chi connectivity index (χ0) is 17.9. The Morgan fingerprint density at radius 1 is 1.17 bits per heavy atom. The topological polar surface area (TPSA) is 98.3 Å². The SMILES string of the molecule is CCc1cc(C(=O)NNC(=O)[C@@H]2CC(C)=C(C)C[C@@H]2C(=O)[O-])cs1. The van der Waals surface area contributed by atoms with Gasteiger partial charge in [-0.2, -0.15) is 0 Å². The molecule has 1 heterocycles. The number of aliphatic carboxylic acids is 1. The summed E-state index contributed by atoms with van der Waals surface area (Å²) in [4.78, 5) is 36.8. The van der Waals surface area contributed by atoms with Crippen molar-refractivity contribution in [1.29, 1.82) is 0 Å². The van der Waals surface area contributed by atoms with E-state index in [9.17, 15) is 19.5 Å². The van der Waals surface area contributed by atoms with Crippen LogP contribution in [0.5, 0.6) is 0 Å². The highest BCUT2D eigenvalue weighted by molar-refractivity contribution is 7.10. The predicted molar refractivity (Wildman–Crippen MR) is 88.9 cm³/mol. The van der Waals surface area contributed by atoms with Crippen molar-refractivity contribution in [2.75, 3.05) is 0 Å².